The molecular weight excluding hydrogens is 387 g/mol. The van der Waals surface area contributed by atoms with Gasteiger partial charge in [-0.1, -0.05) is 6.07 Å². The Morgan fingerprint density at radius 2 is 1.72 bits per heavy atom. The molecule has 0 aliphatic heterocycles. The predicted octanol–water partition coefficient (Wildman–Crippen LogP) is 6.11. The van der Waals surface area contributed by atoms with Gasteiger partial charge in [0.1, 0.15) is 11.4 Å². The second-order valence-corrected chi connectivity index (χ2v) is 7.60. The number of carbonyl (C=O) groups is 1. The highest BCUT2D eigenvalue weighted by Gasteiger charge is 2.16. The van der Waals surface area contributed by atoms with Gasteiger partial charge in [0, 0.05) is 17.4 Å². The Kier molecular flexibility index (Phi) is 6.06. The molecule has 2 aromatic carbocycles. The second kappa shape index (κ2) is 7.87. The fraction of sp³-hybridized carbons (Fsp3) is 0.316. The minimum absolute atomic E-state index is 0.00145. The van der Waals surface area contributed by atoms with Gasteiger partial charge in [-0.15, -0.1) is 0 Å². The summed E-state index contributed by atoms with van der Waals surface area (Å²) in [5, 5.41) is 6.02. The number of carbonyl (C=O) groups excluding carboxylic acids is 1. The quantitative estimate of drug-likeness (QED) is 0.641. The number of halogens is 2. The van der Waals surface area contributed by atoms with Crippen molar-refractivity contribution in [3.05, 3.63) is 58.3 Å². The van der Waals surface area contributed by atoms with Crippen LogP contribution in [0.3, 0.4) is 0 Å². The maximum atomic E-state index is 13.3. The fourth-order valence-corrected chi connectivity index (χ4v) is 2.58. The van der Waals surface area contributed by atoms with Crippen LogP contribution < -0.4 is 10.6 Å². The van der Waals surface area contributed by atoms with Crippen LogP contribution in [-0.4, -0.2) is 11.7 Å². The monoisotopic (exact) mass is 408 g/mol. The molecule has 25 heavy (non-hydrogen) atoms. The van der Waals surface area contributed by atoms with E-state index in [1.54, 1.807) is 24.3 Å². The van der Waals surface area contributed by atoms with Crippen molar-refractivity contribution >= 4 is 33.4 Å². The smallest absolute Gasteiger partial charge is 0.412 e. The number of hydrogen-bond acceptors (Lipinski definition) is 3. The number of ether oxygens (including phenoxy) is 1. The lowest BCUT2D eigenvalue weighted by Crippen LogP contribution is -2.27. The Morgan fingerprint density at radius 3 is 2.28 bits per heavy atom. The van der Waals surface area contributed by atoms with Gasteiger partial charge < -0.3 is 10.1 Å². The van der Waals surface area contributed by atoms with Crippen molar-refractivity contribution in [3.63, 3.8) is 0 Å². The van der Waals surface area contributed by atoms with E-state index in [2.05, 4.69) is 26.6 Å². The van der Waals surface area contributed by atoms with Crippen molar-refractivity contribution < 1.29 is 13.9 Å². The average Bonchev–Trinajstić information content (AvgIpc) is 2.50. The third kappa shape index (κ3) is 6.05. The number of hydrogen-bond donors (Lipinski definition) is 2. The highest BCUT2D eigenvalue weighted by Crippen LogP contribution is 2.25. The minimum Gasteiger partial charge on any atom is -0.444 e. The van der Waals surface area contributed by atoms with E-state index in [1.165, 1.54) is 6.07 Å². The van der Waals surface area contributed by atoms with Crippen molar-refractivity contribution in [1.82, 2.24) is 0 Å². The molecule has 1 unspecified atom stereocenters. The zero-order valence-corrected chi connectivity index (χ0v) is 16.3. The zero-order chi connectivity index (χ0) is 18.6. The molecule has 0 heterocycles. The van der Waals surface area contributed by atoms with Gasteiger partial charge in [-0.25, -0.2) is 9.18 Å². The Bertz CT molecular complexity index is 742. The van der Waals surface area contributed by atoms with Gasteiger partial charge in [0.15, 0.2) is 0 Å². The van der Waals surface area contributed by atoms with Crippen LogP contribution >= 0.6 is 15.9 Å². The second-order valence-electron chi connectivity index (χ2n) is 6.74. The van der Waals surface area contributed by atoms with Crippen LogP contribution in [-0.2, 0) is 4.74 Å². The van der Waals surface area contributed by atoms with Crippen molar-refractivity contribution in [2.24, 2.45) is 0 Å². The molecule has 2 aromatic rings. The van der Waals surface area contributed by atoms with Gasteiger partial charge in [0.05, 0.1) is 4.47 Å². The maximum absolute atomic E-state index is 13.3. The van der Waals surface area contributed by atoms with Crippen LogP contribution in [0.1, 0.15) is 39.3 Å². The summed E-state index contributed by atoms with van der Waals surface area (Å²) in [6.07, 6.45) is -0.488. The molecule has 6 heteroatoms. The van der Waals surface area contributed by atoms with E-state index in [0.29, 0.717) is 10.2 Å². The minimum atomic E-state index is -0.537. The topological polar surface area (TPSA) is 50.4 Å². The van der Waals surface area contributed by atoms with E-state index in [-0.39, 0.29) is 11.9 Å². The number of benzene rings is 2. The highest BCUT2D eigenvalue weighted by molar-refractivity contribution is 9.10. The van der Waals surface area contributed by atoms with Crippen LogP contribution in [0.2, 0.25) is 0 Å². The molecule has 0 radical (unpaired) electrons. The van der Waals surface area contributed by atoms with Crippen LogP contribution in [0.4, 0.5) is 20.6 Å². The molecule has 134 valence electrons. The summed E-state index contributed by atoms with van der Waals surface area (Å²) in [5.41, 5.74) is 1.97. The summed E-state index contributed by atoms with van der Waals surface area (Å²) in [6, 6.07) is 12.2. The molecule has 0 saturated carbocycles. The molecule has 0 fully saturated rings. The Hall–Kier alpha value is -2.08. The van der Waals surface area contributed by atoms with E-state index < -0.39 is 11.7 Å². The Morgan fingerprint density at radius 1 is 1.12 bits per heavy atom. The first-order valence-electron chi connectivity index (χ1n) is 7.95. The van der Waals surface area contributed by atoms with Gasteiger partial charge in [-0.2, -0.15) is 0 Å². The summed E-state index contributed by atoms with van der Waals surface area (Å²) >= 11 is 3.20. The van der Waals surface area contributed by atoms with E-state index in [9.17, 15) is 9.18 Å². The molecule has 0 spiro atoms. The van der Waals surface area contributed by atoms with Crippen LogP contribution in [0.5, 0.6) is 0 Å². The van der Waals surface area contributed by atoms with Gasteiger partial charge in [0.2, 0.25) is 0 Å². The van der Waals surface area contributed by atoms with Gasteiger partial charge in [-0.3, -0.25) is 5.32 Å². The van der Waals surface area contributed by atoms with Gasteiger partial charge >= 0.3 is 6.09 Å². The lowest BCUT2D eigenvalue weighted by atomic mass is 10.1. The summed E-state index contributed by atoms with van der Waals surface area (Å²) in [7, 11) is 0. The predicted molar refractivity (Wildman–Crippen MR) is 102 cm³/mol. The van der Waals surface area contributed by atoms with Gasteiger partial charge in [0.25, 0.3) is 0 Å². The average molecular weight is 409 g/mol. The first-order valence-corrected chi connectivity index (χ1v) is 8.75. The van der Waals surface area contributed by atoms with Crippen molar-refractivity contribution in [1.29, 1.82) is 0 Å². The molecule has 0 aliphatic rings. The highest BCUT2D eigenvalue weighted by atomic mass is 79.9. The fourth-order valence-electron chi connectivity index (χ4n) is 2.19. The van der Waals surface area contributed by atoms with Crippen LogP contribution in [0.25, 0.3) is 0 Å². The maximum Gasteiger partial charge on any atom is 0.412 e. The molecule has 0 aromatic heterocycles. The standard InChI is InChI=1S/C19H22BrFN2O2/c1-12(13-5-10-17(21)16(20)11-13)22-14-6-8-15(9-7-14)23-18(24)25-19(2,3)4/h5-12,22H,1-4H3,(H,23,24). The summed E-state index contributed by atoms with van der Waals surface area (Å²) in [4.78, 5) is 11.8. The lowest BCUT2D eigenvalue weighted by molar-refractivity contribution is 0.0636. The first-order chi connectivity index (χ1) is 11.6. The molecule has 0 aliphatic carbocycles. The summed E-state index contributed by atoms with van der Waals surface area (Å²) < 4.78 is 19.0. The van der Waals surface area contributed by atoms with Crippen molar-refractivity contribution in [2.45, 2.75) is 39.3 Å². The summed E-state index contributed by atoms with van der Waals surface area (Å²) in [5.74, 6) is -0.284. The molecule has 4 nitrogen and oxygen atoms in total. The first kappa shape index (κ1) is 19.2. The number of rotatable bonds is 4. The lowest BCUT2D eigenvalue weighted by Gasteiger charge is -2.20. The Labute approximate surface area is 155 Å². The van der Waals surface area contributed by atoms with Crippen molar-refractivity contribution in [3.8, 4) is 0 Å². The number of anilines is 2. The van der Waals surface area contributed by atoms with Crippen molar-refractivity contribution in [2.75, 3.05) is 10.6 Å². The molecule has 2 N–H and O–H groups in total. The van der Waals surface area contributed by atoms with E-state index in [0.717, 1.165) is 11.3 Å². The van der Waals surface area contributed by atoms with E-state index >= 15 is 0 Å². The third-order valence-corrected chi connectivity index (χ3v) is 3.96. The van der Waals surface area contributed by atoms with E-state index in [4.69, 9.17) is 4.74 Å². The molecule has 0 saturated heterocycles. The number of amides is 1. The zero-order valence-electron chi connectivity index (χ0n) is 14.7. The molecule has 1 amide bonds. The number of nitrogens with one attached hydrogen (secondary N) is 2. The largest absolute Gasteiger partial charge is 0.444 e. The van der Waals surface area contributed by atoms with Gasteiger partial charge in [-0.05, 0) is 85.6 Å². The van der Waals surface area contributed by atoms with Crippen LogP contribution in [0.15, 0.2) is 46.9 Å². The van der Waals surface area contributed by atoms with Crippen LogP contribution in [0, 0.1) is 5.82 Å². The molecule has 2 rings (SSSR count). The molecular formula is C19H22BrFN2O2. The molecule has 0 bridgehead atoms. The normalized spacial score (nSPS) is 12.4. The summed E-state index contributed by atoms with van der Waals surface area (Å²) in [6.45, 7) is 7.44. The van der Waals surface area contributed by atoms with E-state index in [1.807, 2.05) is 39.8 Å². The Balaban J connectivity index is 1.97. The third-order valence-electron chi connectivity index (χ3n) is 3.36. The molecule has 1 atom stereocenters. The SMILES string of the molecule is CC(Nc1ccc(NC(=O)OC(C)(C)C)cc1)c1ccc(F)c(Br)c1.